The Morgan fingerprint density at radius 3 is 2.71 bits per heavy atom. The van der Waals surface area contributed by atoms with Crippen LogP contribution in [0.25, 0.3) is 0 Å². The van der Waals surface area contributed by atoms with Crippen molar-refractivity contribution < 1.29 is 23.8 Å². The molecule has 0 radical (unpaired) electrons. The summed E-state index contributed by atoms with van der Waals surface area (Å²) in [5, 5.41) is 0. The fourth-order valence-corrected chi connectivity index (χ4v) is 5.87. The Balaban J connectivity index is 1.40. The minimum atomic E-state index is -0.410. The number of Topliss-reactive ketones (excluding diaryl/α,β-unsaturated/α-hetero) is 1. The van der Waals surface area contributed by atoms with Gasteiger partial charge in [0.1, 0.15) is 11.9 Å². The topological polar surface area (TPSA) is 68.3 Å². The predicted molar refractivity (Wildman–Crippen MR) is 132 cm³/mol. The van der Waals surface area contributed by atoms with E-state index in [2.05, 4.69) is 11.8 Å². The molecule has 35 heavy (non-hydrogen) atoms. The summed E-state index contributed by atoms with van der Waals surface area (Å²) in [5.74, 6) is 0.927. The summed E-state index contributed by atoms with van der Waals surface area (Å²) < 4.78 is 17.7. The lowest BCUT2D eigenvalue weighted by Crippen LogP contribution is -2.39. The van der Waals surface area contributed by atoms with E-state index in [0.717, 1.165) is 89.1 Å². The average molecular weight is 483 g/mol. The van der Waals surface area contributed by atoms with Gasteiger partial charge >= 0.3 is 0 Å². The third-order valence-electron chi connectivity index (χ3n) is 7.78. The molecule has 1 aliphatic carbocycles. The van der Waals surface area contributed by atoms with Crippen molar-refractivity contribution in [1.29, 1.82) is 0 Å². The molecule has 3 unspecified atom stereocenters. The van der Waals surface area contributed by atoms with E-state index >= 15 is 0 Å². The van der Waals surface area contributed by atoms with Gasteiger partial charge in [0, 0.05) is 26.2 Å². The minimum absolute atomic E-state index is 0.113. The molecular weight excluding hydrogens is 444 g/mol. The molecule has 190 valence electrons. The van der Waals surface area contributed by atoms with E-state index in [0.29, 0.717) is 24.5 Å². The molecule has 0 aromatic heterocycles. The van der Waals surface area contributed by atoms with Crippen molar-refractivity contribution >= 4 is 11.7 Å². The van der Waals surface area contributed by atoms with Crippen molar-refractivity contribution in [3.05, 3.63) is 41.2 Å². The van der Waals surface area contributed by atoms with Crippen molar-refractivity contribution in [2.75, 3.05) is 46.0 Å². The van der Waals surface area contributed by atoms with E-state index < -0.39 is 6.04 Å². The lowest BCUT2D eigenvalue weighted by Gasteiger charge is -2.35. The molecule has 1 aromatic rings. The summed E-state index contributed by atoms with van der Waals surface area (Å²) in [4.78, 5) is 31.7. The molecule has 0 N–H and O–H groups in total. The molecule has 1 amide bonds. The summed E-state index contributed by atoms with van der Waals surface area (Å²) in [6.07, 6.45) is 6.54. The van der Waals surface area contributed by atoms with Crippen LogP contribution in [0.15, 0.2) is 35.6 Å². The lowest BCUT2D eigenvalue weighted by molar-refractivity contribution is -0.135. The first-order chi connectivity index (χ1) is 17.2. The van der Waals surface area contributed by atoms with Crippen LogP contribution in [0.3, 0.4) is 0 Å². The Hall–Kier alpha value is -2.38. The van der Waals surface area contributed by atoms with Gasteiger partial charge in [-0.1, -0.05) is 31.9 Å². The molecule has 0 spiro atoms. The Bertz CT molecular complexity index is 954. The highest BCUT2D eigenvalue weighted by molar-refractivity contribution is 6.11. The summed E-state index contributed by atoms with van der Waals surface area (Å²) in [6.45, 7) is 7.66. The molecule has 7 nitrogen and oxygen atoms in total. The molecule has 3 atom stereocenters. The first kappa shape index (κ1) is 24.3. The first-order valence-corrected chi connectivity index (χ1v) is 13.5. The standard InChI is InChI=1S/C28H38N2O5/c1-2-3-16-34-21-9-6-8-20(19-21)25-24-26(31)22-10-4-5-11-23(22)35-27(24)28(32)30(25)13-7-12-29-14-17-33-18-15-29/h6,8-9,19,22-23,25H,2-5,7,10-18H2,1H3. The van der Waals surface area contributed by atoms with Gasteiger partial charge in [0.05, 0.1) is 37.4 Å². The molecule has 1 aromatic carbocycles. The van der Waals surface area contributed by atoms with E-state index in [1.165, 1.54) is 0 Å². The molecule has 0 bridgehead atoms. The smallest absolute Gasteiger partial charge is 0.290 e. The second-order valence-corrected chi connectivity index (χ2v) is 10.1. The van der Waals surface area contributed by atoms with Gasteiger partial charge < -0.3 is 19.1 Å². The van der Waals surface area contributed by atoms with Crippen LogP contribution in [0.2, 0.25) is 0 Å². The molecule has 7 heteroatoms. The molecule has 5 rings (SSSR count). The SMILES string of the molecule is CCCCOc1cccc(C2C3=C(OC4CCCCC4C3=O)C(=O)N2CCCN2CCOCC2)c1. The maximum Gasteiger partial charge on any atom is 0.290 e. The quantitative estimate of drug-likeness (QED) is 0.498. The number of morpholine rings is 1. The molecule has 1 saturated carbocycles. The van der Waals surface area contributed by atoms with Crippen molar-refractivity contribution in [2.24, 2.45) is 5.92 Å². The molecule has 3 heterocycles. The Morgan fingerprint density at radius 2 is 1.89 bits per heavy atom. The van der Waals surface area contributed by atoms with Crippen LogP contribution in [0.1, 0.15) is 63.5 Å². The molecule has 2 fully saturated rings. The second kappa shape index (κ2) is 11.1. The summed E-state index contributed by atoms with van der Waals surface area (Å²) in [7, 11) is 0. The van der Waals surface area contributed by atoms with Gasteiger partial charge in [-0.15, -0.1) is 0 Å². The zero-order valence-corrected chi connectivity index (χ0v) is 20.9. The summed E-state index contributed by atoms with van der Waals surface area (Å²) in [6, 6.07) is 7.51. The van der Waals surface area contributed by atoms with Gasteiger partial charge in [-0.25, -0.2) is 0 Å². The normalized spacial score (nSPS) is 27.0. The first-order valence-electron chi connectivity index (χ1n) is 13.5. The van der Waals surface area contributed by atoms with Crippen LogP contribution in [-0.2, 0) is 19.1 Å². The fourth-order valence-electron chi connectivity index (χ4n) is 5.87. The number of ketones is 1. The van der Waals surface area contributed by atoms with Crippen molar-refractivity contribution in [1.82, 2.24) is 9.80 Å². The van der Waals surface area contributed by atoms with E-state index in [1.54, 1.807) is 0 Å². The number of hydrogen-bond donors (Lipinski definition) is 0. The van der Waals surface area contributed by atoms with E-state index in [9.17, 15) is 9.59 Å². The van der Waals surface area contributed by atoms with Gasteiger partial charge in [-0.05, 0) is 49.8 Å². The monoisotopic (exact) mass is 482 g/mol. The number of amides is 1. The van der Waals surface area contributed by atoms with Gasteiger partial charge in [-0.3, -0.25) is 14.5 Å². The molecule has 3 aliphatic heterocycles. The predicted octanol–water partition coefficient (Wildman–Crippen LogP) is 3.88. The lowest BCUT2D eigenvalue weighted by atomic mass is 9.77. The van der Waals surface area contributed by atoms with Crippen LogP contribution >= 0.6 is 0 Å². The zero-order valence-electron chi connectivity index (χ0n) is 20.9. The maximum absolute atomic E-state index is 13.8. The maximum atomic E-state index is 13.8. The third-order valence-corrected chi connectivity index (χ3v) is 7.78. The minimum Gasteiger partial charge on any atom is -0.494 e. The average Bonchev–Trinajstić information content (AvgIpc) is 3.17. The molecule has 4 aliphatic rings. The number of fused-ring (bicyclic) bond motifs is 1. The largest absolute Gasteiger partial charge is 0.494 e. The number of nitrogens with zero attached hydrogens (tertiary/aromatic N) is 2. The number of unbranched alkanes of at least 4 members (excludes halogenated alkanes) is 1. The van der Waals surface area contributed by atoms with Gasteiger partial charge in [0.2, 0.25) is 0 Å². The second-order valence-electron chi connectivity index (χ2n) is 10.1. The number of hydrogen-bond acceptors (Lipinski definition) is 6. The number of carbonyl (C=O) groups is 2. The molecule has 1 saturated heterocycles. The van der Waals surface area contributed by atoms with E-state index in [4.69, 9.17) is 14.2 Å². The van der Waals surface area contributed by atoms with Crippen molar-refractivity contribution in [3.63, 3.8) is 0 Å². The van der Waals surface area contributed by atoms with Gasteiger partial charge in [0.25, 0.3) is 5.91 Å². The Morgan fingerprint density at radius 1 is 1.06 bits per heavy atom. The highest BCUT2D eigenvalue weighted by Gasteiger charge is 2.51. The number of carbonyl (C=O) groups excluding carboxylic acids is 2. The van der Waals surface area contributed by atoms with Crippen LogP contribution in [0, 0.1) is 5.92 Å². The van der Waals surface area contributed by atoms with E-state index in [1.807, 2.05) is 29.2 Å². The van der Waals surface area contributed by atoms with Crippen molar-refractivity contribution in [2.45, 2.75) is 64.0 Å². The number of rotatable bonds is 9. The number of ether oxygens (including phenoxy) is 3. The Kier molecular flexibility index (Phi) is 7.73. The van der Waals surface area contributed by atoms with Crippen molar-refractivity contribution in [3.8, 4) is 5.75 Å². The van der Waals surface area contributed by atoms with Crippen LogP contribution in [0.4, 0.5) is 0 Å². The Labute approximate surface area is 208 Å². The van der Waals surface area contributed by atoms with Crippen LogP contribution in [-0.4, -0.2) is 73.6 Å². The molecular formula is C28H38N2O5. The summed E-state index contributed by atoms with van der Waals surface area (Å²) in [5.41, 5.74) is 1.49. The van der Waals surface area contributed by atoms with Gasteiger partial charge in [0.15, 0.2) is 11.5 Å². The zero-order chi connectivity index (χ0) is 24.2. The summed E-state index contributed by atoms with van der Waals surface area (Å²) >= 11 is 0. The fraction of sp³-hybridized carbons (Fsp3) is 0.643. The van der Waals surface area contributed by atoms with E-state index in [-0.39, 0.29) is 23.7 Å². The highest BCUT2D eigenvalue weighted by atomic mass is 16.5. The highest BCUT2D eigenvalue weighted by Crippen LogP contribution is 2.47. The van der Waals surface area contributed by atoms with Gasteiger partial charge in [-0.2, -0.15) is 0 Å². The van der Waals surface area contributed by atoms with Crippen LogP contribution in [0.5, 0.6) is 5.75 Å². The number of benzene rings is 1. The van der Waals surface area contributed by atoms with Crippen LogP contribution < -0.4 is 4.74 Å². The third kappa shape index (κ3) is 5.12.